The molecule has 1 N–H and O–H groups in total. The van der Waals surface area contributed by atoms with E-state index in [9.17, 15) is 14.7 Å². The number of ketones is 1. The fourth-order valence-electron chi connectivity index (χ4n) is 1.06. The number of aliphatic hydroxyl groups is 1. The van der Waals surface area contributed by atoms with Crippen LogP contribution in [0.4, 0.5) is 0 Å². The Morgan fingerprint density at radius 3 is 2.31 bits per heavy atom. The second-order valence-electron chi connectivity index (χ2n) is 4.57. The van der Waals surface area contributed by atoms with E-state index in [1.807, 2.05) is 6.92 Å². The maximum Gasteiger partial charge on any atom is 0.313 e. The number of aliphatic hydroxyl groups excluding tert-OH is 1. The number of carbonyl (C=O) groups is 2. The minimum atomic E-state index is -0.653. The van der Waals surface area contributed by atoms with Gasteiger partial charge in [0, 0.05) is 6.42 Å². The van der Waals surface area contributed by atoms with Crippen LogP contribution in [0.1, 0.15) is 53.4 Å². The van der Waals surface area contributed by atoms with Gasteiger partial charge in [0.1, 0.15) is 17.8 Å². The van der Waals surface area contributed by atoms with Crippen LogP contribution < -0.4 is 0 Å². The van der Waals surface area contributed by atoms with Gasteiger partial charge in [0.2, 0.25) is 0 Å². The molecule has 16 heavy (non-hydrogen) atoms. The lowest BCUT2D eigenvalue weighted by Gasteiger charge is -2.23. The van der Waals surface area contributed by atoms with E-state index in [0.717, 1.165) is 0 Å². The summed E-state index contributed by atoms with van der Waals surface area (Å²) in [5.74, 6) is -0.786. The molecule has 0 aliphatic heterocycles. The average Bonchev–Trinajstić information content (AvgIpc) is 2.16. The van der Waals surface area contributed by atoms with Crippen molar-refractivity contribution < 1.29 is 19.4 Å². The first-order valence-electron chi connectivity index (χ1n) is 5.72. The number of ether oxygens (including phenoxy) is 1. The Bertz CT molecular complexity index is 245. The fraction of sp³-hybridized carbons (Fsp3) is 0.833. The predicted octanol–water partition coefficient (Wildman–Crippen LogP) is 1.84. The van der Waals surface area contributed by atoms with Crippen molar-refractivity contribution in [3.8, 4) is 0 Å². The number of carbonyl (C=O) groups excluding carboxylic acids is 2. The molecule has 0 radical (unpaired) electrons. The van der Waals surface area contributed by atoms with Gasteiger partial charge in [0.15, 0.2) is 0 Å². The Kier molecular flexibility index (Phi) is 6.26. The van der Waals surface area contributed by atoms with Crippen molar-refractivity contribution in [2.45, 2.75) is 65.1 Å². The summed E-state index contributed by atoms with van der Waals surface area (Å²) in [7, 11) is 0. The van der Waals surface area contributed by atoms with Crippen molar-refractivity contribution in [2.24, 2.45) is 0 Å². The van der Waals surface area contributed by atoms with Crippen LogP contribution in [-0.4, -0.2) is 28.6 Å². The zero-order valence-electron chi connectivity index (χ0n) is 10.6. The summed E-state index contributed by atoms with van der Waals surface area (Å²) in [5, 5.41) is 9.25. The first-order chi connectivity index (χ1) is 7.30. The monoisotopic (exact) mass is 230 g/mol. The van der Waals surface area contributed by atoms with Crippen LogP contribution in [0.2, 0.25) is 0 Å². The first-order valence-corrected chi connectivity index (χ1v) is 5.72. The lowest BCUT2D eigenvalue weighted by Crippen LogP contribution is -2.28. The maximum atomic E-state index is 11.4. The van der Waals surface area contributed by atoms with Crippen molar-refractivity contribution in [3.05, 3.63) is 0 Å². The molecule has 4 nitrogen and oxygen atoms in total. The van der Waals surface area contributed by atoms with Gasteiger partial charge in [-0.05, 0) is 26.7 Å². The van der Waals surface area contributed by atoms with Gasteiger partial charge in [-0.25, -0.2) is 0 Å². The van der Waals surface area contributed by atoms with Crippen LogP contribution in [-0.2, 0) is 14.3 Å². The predicted molar refractivity (Wildman–Crippen MR) is 61.0 cm³/mol. The van der Waals surface area contributed by atoms with E-state index in [1.165, 1.54) is 0 Å². The number of hydrogen-bond donors (Lipinski definition) is 1. The Morgan fingerprint density at radius 2 is 1.88 bits per heavy atom. The molecule has 0 unspecified atom stereocenters. The molecule has 0 aromatic rings. The van der Waals surface area contributed by atoms with E-state index in [4.69, 9.17) is 4.74 Å². The van der Waals surface area contributed by atoms with Gasteiger partial charge in [0.25, 0.3) is 0 Å². The standard InChI is InChI=1S/C12H22O4/c1-5-9(13)7-10(14)8-11(15)16-12(3,4)6-2/h9,13H,5-8H2,1-4H3/t9-/m1/s1. The minimum Gasteiger partial charge on any atom is -0.459 e. The second kappa shape index (κ2) is 6.63. The highest BCUT2D eigenvalue weighted by Gasteiger charge is 2.22. The van der Waals surface area contributed by atoms with Crippen molar-refractivity contribution in [3.63, 3.8) is 0 Å². The zero-order chi connectivity index (χ0) is 12.8. The normalized spacial score (nSPS) is 13.3. The van der Waals surface area contributed by atoms with Gasteiger partial charge in [-0.1, -0.05) is 13.8 Å². The van der Waals surface area contributed by atoms with Gasteiger partial charge in [0.05, 0.1) is 6.10 Å². The van der Waals surface area contributed by atoms with Gasteiger partial charge in [-0.3, -0.25) is 9.59 Å². The maximum absolute atomic E-state index is 11.4. The quantitative estimate of drug-likeness (QED) is 0.535. The lowest BCUT2D eigenvalue weighted by molar-refractivity contribution is -0.158. The van der Waals surface area contributed by atoms with Crippen LogP contribution in [0.3, 0.4) is 0 Å². The number of Topliss-reactive ketones (excluding diaryl/α,β-unsaturated/α-hetero) is 1. The summed E-state index contributed by atoms with van der Waals surface area (Å²) in [6, 6.07) is 0. The Balaban J connectivity index is 4.01. The molecule has 0 rings (SSSR count). The van der Waals surface area contributed by atoms with Gasteiger partial charge >= 0.3 is 5.97 Å². The smallest absolute Gasteiger partial charge is 0.313 e. The molecule has 1 atom stereocenters. The largest absolute Gasteiger partial charge is 0.459 e. The molecule has 0 aliphatic carbocycles. The number of rotatable bonds is 7. The molecule has 0 saturated carbocycles. The SMILES string of the molecule is CC[C@@H](O)CC(=O)CC(=O)OC(C)(C)CC. The van der Waals surface area contributed by atoms with E-state index in [1.54, 1.807) is 20.8 Å². The molecule has 0 spiro atoms. The van der Waals surface area contributed by atoms with E-state index >= 15 is 0 Å². The van der Waals surface area contributed by atoms with Gasteiger partial charge in [-0.15, -0.1) is 0 Å². The molecule has 0 saturated heterocycles. The van der Waals surface area contributed by atoms with E-state index in [2.05, 4.69) is 0 Å². The highest BCUT2D eigenvalue weighted by molar-refractivity contribution is 5.95. The molecular formula is C12H22O4. The highest BCUT2D eigenvalue weighted by atomic mass is 16.6. The Morgan fingerprint density at radius 1 is 1.31 bits per heavy atom. The highest BCUT2D eigenvalue weighted by Crippen LogP contribution is 2.15. The molecule has 0 fully saturated rings. The molecule has 0 aromatic carbocycles. The topological polar surface area (TPSA) is 63.6 Å². The molecule has 0 aromatic heterocycles. The van der Waals surface area contributed by atoms with Crippen molar-refractivity contribution in [1.29, 1.82) is 0 Å². The van der Waals surface area contributed by atoms with Crippen LogP contribution >= 0.6 is 0 Å². The van der Waals surface area contributed by atoms with Crippen molar-refractivity contribution in [1.82, 2.24) is 0 Å². The third-order valence-corrected chi connectivity index (χ3v) is 2.52. The second-order valence-corrected chi connectivity index (χ2v) is 4.57. The van der Waals surface area contributed by atoms with Crippen LogP contribution in [0, 0.1) is 0 Å². The molecular weight excluding hydrogens is 208 g/mol. The van der Waals surface area contributed by atoms with Gasteiger partial charge < -0.3 is 9.84 Å². The summed E-state index contributed by atoms with van der Waals surface area (Å²) in [5.41, 5.74) is -0.527. The Hall–Kier alpha value is -0.900. The number of esters is 1. The number of hydrogen-bond acceptors (Lipinski definition) is 4. The third-order valence-electron chi connectivity index (χ3n) is 2.52. The molecule has 0 amide bonds. The van der Waals surface area contributed by atoms with Gasteiger partial charge in [-0.2, -0.15) is 0 Å². The van der Waals surface area contributed by atoms with Crippen molar-refractivity contribution in [2.75, 3.05) is 0 Å². The molecule has 4 heteroatoms. The minimum absolute atomic E-state index is 0.0259. The summed E-state index contributed by atoms with van der Waals surface area (Å²) < 4.78 is 5.13. The molecule has 0 heterocycles. The van der Waals surface area contributed by atoms with E-state index in [0.29, 0.717) is 12.8 Å². The lowest BCUT2D eigenvalue weighted by atomic mass is 10.1. The summed E-state index contributed by atoms with van der Waals surface area (Å²) in [6.45, 7) is 7.30. The average molecular weight is 230 g/mol. The summed E-state index contributed by atoms with van der Waals surface area (Å²) in [6.07, 6.45) is 0.337. The van der Waals surface area contributed by atoms with Crippen LogP contribution in [0.5, 0.6) is 0 Å². The molecule has 94 valence electrons. The Labute approximate surface area is 97.0 Å². The van der Waals surface area contributed by atoms with E-state index < -0.39 is 17.7 Å². The van der Waals surface area contributed by atoms with Crippen molar-refractivity contribution >= 4 is 11.8 Å². The third kappa shape index (κ3) is 6.56. The zero-order valence-corrected chi connectivity index (χ0v) is 10.6. The van der Waals surface area contributed by atoms with Crippen LogP contribution in [0.15, 0.2) is 0 Å². The van der Waals surface area contributed by atoms with E-state index in [-0.39, 0.29) is 18.6 Å². The summed E-state index contributed by atoms with van der Waals surface area (Å²) in [4.78, 5) is 22.7. The molecule has 0 aliphatic rings. The van der Waals surface area contributed by atoms with Crippen LogP contribution in [0.25, 0.3) is 0 Å². The molecule has 0 bridgehead atoms. The first kappa shape index (κ1) is 15.1. The fourth-order valence-corrected chi connectivity index (χ4v) is 1.06. The summed E-state index contributed by atoms with van der Waals surface area (Å²) >= 11 is 0.